The summed E-state index contributed by atoms with van der Waals surface area (Å²) in [5.41, 5.74) is 0.915. The first-order valence-electron chi connectivity index (χ1n) is 4.66. The molecule has 0 aliphatic heterocycles. The Morgan fingerprint density at radius 1 is 1.60 bits per heavy atom. The van der Waals surface area contributed by atoms with Crippen molar-refractivity contribution in [1.29, 1.82) is 0 Å². The van der Waals surface area contributed by atoms with E-state index in [4.69, 9.17) is 5.11 Å². The van der Waals surface area contributed by atoms with E-state index in [1.165, 1.54) is 11.3 Å². The van der Waals surface area contributed by atoms with Crippen LogP contribution < -0.4 is 5.32 Å². The normalized spacial score (nSPS) is 12.1. The summed E-state index contributed by atoms with van der Waals surface area (Å²) in [6.07, 6.45) is 0.637. The molecule has 0 saturated carbocycles. The molecule has 1 aromatic rings. The molecule has 0 aliphatic carbocycles. The molecular formula is C10H13NO3S. The van der Waals surface area contributed by atoms with Crippen LogP contribution >= 0.6 is 11.3 Å². The Hall–Kier alpha value is -1.36. The number of carboxylic acids is 1. The Balaban J connectivity index is 2.45. The molecule has 1 heterocycles. The Kier molecular flexibility index (Phi) is 4.30. The number of nitrogens with one attached hydrogen (secondary N) is 1. The van der Waals surface area contributed by atoms with E-state index in [1.54, 1.807) is 6.92 Å². The predicted molar refractivity (Wildman–Crippen MR) is 57.9 cm³/mol. The summed E-state index contributed by atoms with van der Waals surface area (Å²) in [6, 6.07) is 1.07. The van der Waals surface area contributed by atoms with Crippen LogP contribution in [-0.2, 0) is 16.0 Å². The lowest BCUT2D eigenvalue weighted by molar-refractivity contribution is -0.141. The first-order chi connectivity index (χ1) is 7.13. The van der Waals surface area contributed by atoms with Gasteiger partial charge >= 0.3 is 5.97 Å². The molecule has 15 heavy (non-hydrogen) atoms. The second-order valence-electron chi connectivity index (χ2n) is 3.17. The van der Waals surface area contributed by atoms with Gasteiger partial charge in [-0.2, -0.15) is 11.3 Å². The lowest BCUT2D eigenvalue weighted by atomic mass is 10.2. The second kappa shape index (κ2) is 5.50. The first-order valence-corrected chi connectivity index (χ1v) is 5.61. The predicted octanol–water partition coefficient (Wildman–Crippen LogP) is 1.27. The van der Waals surface area contributed by atoms with Gasteiger partial charge in [0, 0.05) is 0 Å². The number of thiophene rings is 1. The summed E-state index contributed by atoms with van der Waals surface area (Å²) in [5, 5.41) is 15.0. The van der Waals surface area contributed by atoms with Gasteiger partial charge in [0.05, 0.1) is 6.42 Å². The minimum atomic E-state index is -0.990. The molecule has 0 fully saturated rings. The summed E-state index contributed by atoms with van der Waals surface area (Å²) in [6.45, 7) is 1.73. The molecule has 82 valence electrons. The molecule has 1 rings (SSSR count). The molecular weight excluding hydrogens is 214 g/mol. The van der Waals surface area contributed by atoms with Gasteiger partial charge in [0.2, 0.25) is 5.91 Å². The summed E-state index contributed by atoms with van der Waals surface area (Å²) in [7, 11) is 0. The van der Waals surface area contributed by atoms with Crippen LogP contribution in [0.15, 0.2) is 16.8 Å². The van der Waals surface area contributed by atoms with Crippen LogP contribution in [0.3, 0.4) is 0 Å². The summed E-state index contributed by atoms with van der Waals surface area (Å²) in [5.74, 6) is -1.24. The number of carbonyl (C=O) groups excluding carboxylic acids is 1. The van der Waals surface area contributed by atoms with Crippen molar-refractivity contribution in [2.45, 2.75) is 25.8 Å². The van der Waals surface area contributed by atoms with Gasteiger partial charge in [0.15, 0.2) is 0 Å². The highest BCUT2D eigenvalue weighted by Gasteiger charge is 2.17. The average Bonchev–Trinajstić information content (AvgIpc) is 2.66. The monoisotopic (exact) mass is 227 g/mol. The van der Waals surface area contributed by atoms with E-state index >= 15 is 0 Å². The highest BCUT2D eigenvalue weighted by molar-refractivity contribution is 7.07. The van der Waals surface area contributed by atoms with Gasteiger partial charge in [0.1, 0.15) is 6.04 Å². The topological polar surface area (TPSA) is 66.4 Å². The number of carbonyl (C=O) groups is 2. The van der Waals surface area contributed by atoms with Gasteiger partial charge in [0.25, 0.3) is 0 Å². The zero-order valence-electron chi connectivity index (χ0n) is 8.40. The van der Waals surface area contributed by atoms with E-state index < -0.39 is 12.0 Å². The Morgan fingerprint density at radius 3 is 2.80 bits per heavy atom. The molecule has 4 nitrogen and oxygen atoms in total. The Morgan fingerprint density at radius 2 is 2.33 bits per heavy atom. The Bertz CT molecular complexity index is 334. The van der Waals surface area contributed by atoms with Crippen LogP contribution in [0.4, 0.5) is 0 Å². The number of aliphatic carboxylic acids is 1. The SMILES string of the molecule is CC[C@H](NC(=O)Cc1ccsc1)C(=O)O. The molecule has 1 atom stereocenters. The van der Waals surface area contributed by atoms with Crippen molar-refractivity contribution < 1.29 is 14.7 Å². The van der Waals surface area contributed by atoms with Gasteiger partial charge in [-0.05, 0) is 28.8 Å². The third kappa shape index (κ3) is 3.71. The molecule has 0 radical (unpaired) electrons. The van der Waals surface area contributed by atoms with Crippen molar-refractivity contribution in [2.75, 3.05) is 0 Å². The van der Waals surface area contributed by atoms with Crippen LogP contribution in [0.5, 0.6) is 0 Å². The van der Waals surface area contributed by atoms with Crippen molar-refractivity contribution in [1.82, 2.24) is 5.32 Å². The van der Waals surface area contributed by atoms with E-state index in [-0.39, 0.29) is 12.3 Å². The summed E-state index contributed by atoms with van der Waals surface area (Å²) in [4.78, 5) is 22.1. The van der Waals surface area contributed by atoms with Gasteiger partial charge in [-0.1, -0.05) is 6.92 Å². The maximum absolute atomic E-state index is 11.4. The summed E-state index contributed by atoms with van der Waals surface area (Å²) < 4.78 is 0. The first kappa shape index (κ1) is 11.7. The van der Waals surface area contributed by atoms with E-state index in [1.807, 2.05) is 16.8 Å². The standard InChI is InChI=1S/C10H13NO3S/c1-2-8(10(13)14)11-9(12)5-7-3-4-15-6-7/h3-4,6,8H,2,5H2,1H3,(H,11,12)(H,13,14)/t8-/m0/s1. The molecule has 2 N–H and O–H groups in total. The number of carboxylic acid groups (broad SMARTS) is 1. The van der Waals surface area contributed by atoms with Gasteiger partial charge in [-0.3, -0.25) is 4.79 Å². The van der Waals surface area contributed by atoms with Crippen molar-refractivity contribution in [3.05, 3.63) is 22.4 Å². The molecule has 0 saturated heterocycles. The molecule has 0 spiro atoms. The number of hydrogen-bond donors (Lipinski definition) is 2. The molecule has 0 bridgehead atoms. The zero-order valence-corrected chi connectivity index (χ0v) is 9.21. The third-order valence-electron chi connectivity index (χ3n) is 1.99. The maximum Gasteiger partial charge on any atom is 0.326 e. The minimum absolute atomic E-state index is 0.243. The molecule has 0 unspecified atom stereocenters. The van der Waals surface area contributed by atoms with E-state index in [0.29, 0.717) is 6.42 Å². The fourth-order valence-electron chi connectivity index (χ4n) is 1.16. The number of rotatable bonds is 5. The van der Waals surface area contributed by atoms with Crippen LogP contribution in [0.2, 0.25) is 0 Å². The highest BCUT2D eigenvalue weighted by Crippen LogP contribution is 2.06. The van der Waals surface area contributed by atoms with Gasteiger partial charge in [-0.15, -0.1) is 0 Å². The zero-order chi connectivity index (χ0) is 11.3. The average molecular weight is 227 g/mol. The highest BCUT2D eigenvalue weighted by atomic mass is 32.1. The van der Waals surface area contributed by atoms with Crippen LogP contribution in [-0.4, -0.2) is 23.0 Å². The van der Waals surface area contributed by atoms with Crippen LogP contribution in [0.1, 0.15) is 18.9 Å². The molecule has 0 aliphatic rings. The van der Waals surface area contributed by atoms with Crippen LogP contribution in [0, 0.1) is 0 Å². The van der Waals surface area contributed by atoms with Crippen molar-refractivity contribution in [2.24, 2.45) is 0 Å². The smallest absolute Gasteiger partial charge is 0.326 e. The fraction of sp³-hybridized carbons (Fsp3) is 0.400. The lowest BCUT2D eigenvalue weighted by Crippen LogP contribution is -2.40. The summed E-state index contributed by atoms with van der Waals surface area (Å²) >= 11 is 1.52. The minimum Gasteiger partial charge on any atom is -0.480 e. The van der Waals surface area contributed by atoms with Crippen molar-refractivity contribution >= 4 is 23.2 Å². The molecule has 1 amide bonds. The van der Waals surface area contributed by atoms with Gasteiger partial charge in [-0.25, -0.2) is 4.79 Å². The third-order valence-corrected chi connectivity index (χ3v) is 2.72. The number of amides is 1. The van der Waals surface area contributed by atoms with E-state index in [0.717, 1.165) is 5.56 Å². The van der Waals surface area contributed by atoms with Crippen molar-refractivity contribution in [3.8, 4) is 0 Å². The van der Waals surface area contributed by atoms with E-state index in [9.17, 15) is 9.59 Å². The van der Waals surface area contributed by atoms with Crippen LogP contribution in [0.25, 0.3) is 0 Å². The van der Waals surface area contributed by atoms with Crippen molar-refractivity contribution in [3.63, 3.8) is 0 Å². The molecule has 5 heteroatoms. The quantitative estimate of drug-likeness (QED) is 0.796. The van der Waals surface area contributed by atoms with E-state index in [2.05, 4.69) is 5.32 Å². The fourth-order valence-corrected chi connectivity index (χ4v) is 1.83. The second-order valence-corrected chi connectivity index (χ2v) is 3.95. The molecule has 1 aromatic heterocycles. The number of hydrogen-bond acceptors (Lipinski definition) is 3. The molecule has 0 aromatic carbocycles. The lowest BCUT2D eigenvalue weighted by Gasteiger charge is -2.11. The largest absolute Gasteiger partial charge is 0.480 e. The Labute approximate surface area is 91.9 Å². The maximum atomic E-state index is 11.4. The van der Waals surface area contributed by atoms with Gasteiger partial charge < -0.3 is 10.4 Å².